The molecule has 0 saturated heterocycles. The topological polar surface area (TPSA) is 95.7 Å². The quantitative estimate of drug-likeness (QED) is 0.269. The van der Waals surface area contributed by atoms with Crippen molar-refractivity contribution in [2.45, 2.75) is 19.8 Å². The van der Waals surface area contributed by atoms with Crippen LogP contribution in [0.15, 0.2) is 42.2 Å². The van der Waals surface area contributed by atoms with E-state index in [2.05, 4.69) is 0 Å². The monoisotopic (exact) mass is 365 g/mol. The molecular weight excluding hydrogens is 350 g/mol. The number of ketones is 1. The van der Waals surface area contributed by atoms with Crippen molar-refractivity contribution in [2.24, 2.45) is 5.92 Å². The third-order valence-corrected chi connectivity index (χ3v) is 4.47. The fourth-order valence-electron chi connectivity index (χ4n) is 2.90. The summed E-state index contributed by atoms with van der Waals surface area (Å²) in [4.78, 5) is 34.7. The smallest absolute Gasteiger partial charge is 0.314 e. The molecule has 1 aliphatic heterocycles. The van der Waals surface area contributed by atoms with Crippen LogP contribution in [0.2, 0.25) is 0 Å². The van der Waals surface area contributed by atoms with E-state index in [-0.39, 0.29) is 29.1 Å². The van der Waals surface area contributed by atoms with Gasteiger partial charge in [-0.25, -0.2) is 0 Å². The largest absolute Gasteiger partial charge is 0.452 e. The molecule has 2 aromatic rings. The van der Waals surface area contributed by atoms with Gasteiger partial charge in [-0.15, -0.1) is 0 Å². The predicted octanol–water partition coefficient (Wildman–Crippen LogP) is 3.83. The Morgan fingerprint density at radius 2 is 1.96 bits per heavy atom. The highest BCUT2D eigenvalue weighted by Crippen LogP contribution is 2.38. The maximum absolute atomic E-state index is 12.6. The highest BCUT2D eigenvalue weighted by atomic mass is 16.6. The van der Waals surface area contributed by atoms with Crippen molar-refractivity contribution in [3.63, 3.8) is 0 Å². The zero-order chi connectivity index (χ0) is 19.1. The number of ether oxygens (including phenoxy) is 2. The van der Waals surface area contributed by atoms with E-state index in [9.17, 15) is 19.7 Å². The molecule has 0 radical (unpaired) electrons. The number of fused-ring (bicyclic) bond motifs is 1. The van der Waals surface area contributed by atoms with Gasteiger partial charge in [0.2, 0.25) is 5.78 Å². The Hall–Kier alpha value is -3.48. The number of carbonyl (C=O) groups is 2. The summed E-state index contributed by atoms with van der Waals surface area (Å²) in [5, 5.41) is 10.7. The van der Waals surface area contributed by atoms with Crippen LogP contribution < -0.4 is 9.47 Å². The lowest BCUT2D eigenvalue weighted by molar-refractivity contribution is -0.384. The number of carbonyl (C=O) groups excluding carboxylic acids is 2. The molecule has 0 atom stereocenters. The molecule has 2 aromatic carbocycles. The highest BCUT2D eigenvalue weighted by Gasteiger charge is 2.33. The second kappa shape index (κ2) is 6.35. The van der Waals surface area contributed by atoms with E-state index in [1.165, 1.54) is 24.3 Å². The highest BCUT2D eigenvalue weighted by molar-refractivity contribution is 6.15. The van der Waals surface area contributed by atoms with Crippen molar-refractivity contribution < 1.29 is 24.0 Å². The number of allylic oxidation sites excluding steroid dienone is 1. The summed E-state index contributed by atoms with van der Waals surface area (Å²) in [5.41, 5.74) is 1.66. The molecule has 0 unspecified atom stereocenters. The Labute approximate surface area is 154 Å². The summed E-state index contributed by atoms with van der Waals surface area (Å²) in [6.45, 7) is 1.75. The number of aryl methyl sites for hydroxylation is 1. The first-order chi connectivity index (χ1) is 12.9. The van der Waals surface area contributed by atoms with Gasteiger partial charge in [-0.3, -0.25) is 19.7 Å². The Bertz CT molecular complexity index is 1000. The zero-order valence-electron chi connectivity index (χ0n) is 14.4. The van der Waals surface area contributed by atoms with Crippen molar-refractivity contribution in [1.82, 2.24) is 0 Å². The zero-order valence-corrected chi connectivity index (χ0v) is 14.4. The third kappa shape index (κ3) is 3.31. The van der Waals surface area contributed by atoms with Gasteiger partial charge in [0.05, 0.1) is 16.4 Å². The van der Waals surface area contributed by atoms with Gasteiger partial charge < -0.3 is 9.47 Å². The molecular formula is C20H15NO6. The molecule has 4 rings (SSSR count). The molecule has 1 heterocycles. The number of benzene rings is 2. The first-order valence-electron chi connectivity index (χ1n) is 8.47. The van der Waals surface area contributed by atoms with Gasteiger partial charge in [0, 0.05) is 18.2 Å². The molecule has 1 saturated carbocycles. The summed E-state index contributed by atoms with van der Waals surface area (Å²) >= 11 is 0. The van der Waals surface area contributed by atoms with E-state index >= 15 is 0 Å². The average molecular weight is 365 g/mol. The van der Waals surface area contributed by atoms with Crippen molar-refractivity contribution in [1.29, 1.82) is 0 Å². The Kier molecular flexibility index (Phi) is 3.99. The van der Waals surface area contributed by atoms with E-state index < -0.39 is 4.92 Å². The molecule has 7 nitrogen and oxygen atoms in total. The van der Waals surface area contributed by atoms with Crippen LogP contribution in [0.4, 0.5) is 5.69 Å². The minimum Gasteiger partial charge on any atom is -0.452 e. The van der Waals surface area contributed by atoms with Crippen molar-refractivity contribution in [3.8, 4) is 11.5 Å². The summed E-state index contributed by atoms with van der Waals surface area (Å²) in [5.74, 6) is 0.242. The average Bonchev–Trinajstić information content (AvgIpc) is 3.42. The van der Waals surface area contributed by atoms with Crippen LogP contribution in [0.1, 0.15) is 34.3 Å². The van der Waals surface area contributed by atoms with Crippen LogP contribution in [-0.2, 0) is 4.79 Å². The SMILES string of the molecule is Cc1cc(OC(=O)C2CC2)cc2c1C(=O)/C(=C/c1ccc([N+](=O)[O-])cc1)O2. The van der Waals surface area contributed by atoms with Crippen LogP contribution in [0.3, 0.4) is 0 Å². The van der Waals surface area contributed by atoms with E-state index in [4.69, 9.17) is 9.47 Å². The number of nitro groups is 1. The number of hydrogen-bond acceptors (Lipinski definition) is 6. The molecule has 2 aliphatic rings. The van der Waals surface area contributed by atoms with E-state index in [1.54, 1.807) is 25.1 Å². The molecule has 136 valence electrons. The van der Waals surface area contributed by atoms with Gasteiger partial charge in [0.1, 0.15) is 11.5 Å². The molecule has 0 bridgehead atoms. The first-order valence-corrected chi connectivity index (χ1v) is 8.47. The number of non-ortho nitro benzene ring substituents is 1. The van der Waals surface area contributed by atoms with Crippen molar-refractivity contribution in [2.75, 3.05) is 0 Å². The minimum absolute atomic E-state index is 0.0290. The lowest BCUT2D eigenvalue weighted by Crippen LogP contribution is -2.10. The summed E-state index contributed by atoms with van der Waals surface area (Å²) in [7, 11) is 0. The molecule has 0 amide bonds. The fourth-order valence-corrected chi connectivity index (χ4v) is 2.90. The van der Waals surface area contributed by atoms with Crippen molar-refractivity contribution >= 4 is 23.5 Å². The van der Waals surface area contributed by atoms with Gasteiger partial charge in [-0.05, 0) is 55.2 Å². The Morgan fingerprint density at radius 1 is 1.26 bits per heavy atom. The number of Topliss-reactive ketones (excluding diaryl/α,β-unsaturated/α-hetero) is 1. The fraction of sp³-hybridized carbons (Fsp3) is 0.200. The molecule has 1 aliphatic carbocycles. The molecule has 0 spiro atoms. The second-order valence-electron chi connectivity index (χ2n) is 6.60. The van der Waals surface area contributed by atoms with E-state index in [1.807, 2.05) is 0 Å². The molecule has 1 fully saturated rings. The number of nitro benzene ring substituents is 1. The standard InChI is InChI=1S/C20H15NO6/c1-11-8-15(26-20(23)13-4-5-13)10-16-18(11)19(22)17(27-16)9-12-2-6-14(7-3-12)21(24)25/h2-3,6-10,13H,4-5H2,1H3/b17-9-. The number of nitrogens with zero attached hydrogens (tertiary/aromatic N) is 1. The van der Waals surface area contributed by atoms with Gasteiger partial charge in [-0.2, -0.15) is 0 Å². The van der Waals surface area contributed by atoms with Crippen LogP contribution in [-0.4, -0.2) is 16.7 Å². The Morgan fingerprint density at radius 3 is 2.59 bits per heavy atom. The molecule has 0 aromatic heterocycles. The number of hydrogen-bond donors (Lipinski definition) is 0. The summed E-state index contributed by atoms with van der Waals surface area (Å²) in [6, 6.07) is 8.99. The number of rotatable bonds is 4. The first kappa shape index (κ1) is 17.0. The summed E-state index contributed by atoms with van der Waals surface area (Å²) < 4.78 is 11.0. The molecule has 7 heteroatoms. The van der Waals surface area contributed by atoms with Crippen LogP contribution >= 0.6 is 0 Å². The van der Waals surface area contributed by atoms with Gasteiger partial charge in [0.15, 0.2) is 5.76 Å². The van der Waals surface area contributed by atoms with E-state index in [0.717, 1.165) is 12.8 Å². The van der Waals surface area contributed by atoms with Crippen LogP contribution in [0.5, 0.6) is 11.5 Å². The lowest BCUT2D eigenvalue weighted by Gasteiger charge is -2.07. The van der Waals surface area contributed by atoms with Crippen molar-refractivity contribution in [3.05, 3.63) is 69.0 Å². The molecule has 27 heavy (non-hydrogen) atoms. The Balaban J connectivity index is 1.60. The summed E-state index contributed by atoms with van der Waals surface area (Å²) in [6.07, 6.45) is 3.22. The predicted molar refractivity (Wildman–Crippen MR) is 95.6 cm³/mol. The van der Waals surface area contributed by atoms with Crippen LogP contribution in [0.25, 0.3) is 6.08 Å². The molecule has 0 N–H and O–H groups in total. The van der Waals surface area contributed by atoms with E-state index in [0.29, 0.717) is 28.2 Å². The maximum Gasteiger partial charge on any atom is 0.314 e. The van der Waals surface area contributed by atoms with Gasteiger partial charge in [-0.1, -0.05) is 0 Å². The maximum atomic E-state index is 12.6. The third-order valence-electron chi connectivity index (χ3n) is 4.47. The number of esters is 1. The van der Waals surface area contributed by atoms with Crippen LogP contribution in [0, 0.1) is 23.0 Å². The van der Waals surface area contributed by atoms with Gasteiger partial charge in [0.25, 0.3) is 5.69 Å². The minimum atomic E-state index is -0.488. The second-order valence-corrected chi connectivity index (χ2v) is 6.60. The lowest BCUT2D eigenvalue weighted by atomic mass is 10.0. The van der Waals surface area contributed by atoms with Gasteiger partial charge >= 0.3 is 5.97 Å². The normalized spacial score (nSPS) is 16.8.